The molecule has 0 bridgehead atoms. The molecule has 0 radical (unpaired) electrons. The van der Waals surface area contributed by atoms with E-state index in [2.05, 4.69) is 4.90 Å². The van der Waals surface area contributed by atoms with Crippen molar-refractivity contribution in [3.05, 3.63) is 24.3 Å². The maximum absolute atomic E-state index is 12.1. The lowest BCUT2D eigenvalue weighted by molar-refractivity contribution is 0.383. The van der Waals surface area contributed by atoms with Gasteiger partial charge in [0.1, 0.15) is 5.75 Å². The van der Waals surface area contributed by atoms with Gasteiger partial charge in [0, 0.05) is 31.9 Å². The monoisotopic (exact) mass is 309 g/mol. The van der Waals surface area contributed by atoms with E-state index in [1.807, 2.05) is 24.3 Å². The Morgan fingerprint density at radius 3 is 2.24 bits per heavy atom. The molecule has 1 aromatic carbocycles. The Labute approximate surface area is 125 Å². The van der Waals surface area contributed by atoms with Crippen LogP contribution in [0.25, 0.3) is 0 Å². The predicted molar refractivity (Wildman–Crippen MR) is 80.8 cm³/mol. The maximum atomic E-state index is 12.1. The van der Waals surface area contributed by atoms with Gasteiger partial charge in [0.05, 0.1) is 13.2 Å². The van der Waals surface area contributed by atoms with Crippen molar-refractivity contribution >= 4 is 15.7 Å². The number of hydrogen-bond donors (Lipinski definition) is 0. The fourth-order valence-electron chi connectivity index (χ4n) is 2.28. The molecule has 0 N–H and O–H groups in total. The molecule has 1 atom stereocenters. The van der Waals surface area contributed by atoms with Crippen LogP contribution >= 0.6 is 0 Å². The topological polar surface area (TPSA) is 73.6 Å². The van der Waals surface area contributed by atoms with Gasteiger partial charge in [-0.05, 0) is 31.2 Å². The second-order valence-corrected chi connectivity index (χ2v) is 7.15. The summed E-state index contributed by atoms with van der Waals surface area (Å²) >= 11 is 0. The molecular formula is C14H19N3O3S. The maximum Gasteiger partial charge on any atom is 0.230 e. The van der Waals surface area contributed by atoms with Crippen molar-refractivity contribution in [2.24, 2.45) is 0 Å². The van der Waals surface area contributed by atoms with Gasteiger partial charge in [0.2, 0.25) is 10.0 Å². The molecule has 1 unspecified atom stereocenters. The minimum absolute atomic E-state index is 0.403. The summed E-state index contributed by atoms with van der Waals surface area (Å²) < 4.78 is 30.7. The summed E-state index contributed by atoms with van der Waals surface area (Å²) in [6, 6.07) is 9.49. The first-order valence-electron chi connectivity index (χ1n) is 6.76. The van der Waals surface area contributed by atoms with Crippen LogP contribution < -0.4 is 9.64 Å². The van der Waals surface area contributed by atoms with E-state index in [-0.39, 0.29) is 0 Å². The molecule has 6 nitrogen and oxygen atoms in total. The third kappa shape index (κ3) is 3.28. The molecule has 1 aromatic rings. The second kappa shape index (κ2) is 6.33. The van der Waals surface area contributed by atoms with Crippen LogP contribution in [-0.4, -0.2) is 51.3 Å². The van der Waals surface area contributed by atoms with Gasteiger partial charge >= 0.3 is 0 Å². The highest BCUT2D eigenvalue weighted by Gasteiger charge is 2.31. The minimum Gasteiger partial charge on any atom is -0.497 e. The molecule has 0 aliphatic carbocycles. The number of nitrogens with zero attached hydrogens (tertiary/aromatic N) is 3. The number of ether oxygens (including phenoxy) is 1. The molecule has 114 valence electrons. The molecular weight excluding hydrogens is 290 g/mol. The van der Waals surface area contributed by atoms with E-state index in [0.29, 0.717) is 26.2 Å². The standard InChI is InChI=1S/C14H19N3O3S/c1-12(11-15)21(18,19)17-9-7-16(8-10-17)13-3-5-14(20-2)6-4-13/h3-6,12H,7-10H2,1-2H3. The molecule has 0 saturated carbocycles. The summed E-state index contributed by atoms with van der Waals surface area (Å²) in [6.45, 7) is 3.46. The average molecular weight is 309 g/mol. The molecule has 0 aromatic heterocycles. The van der Waals surface area contributed by atoms with Crippen molar-refractivity contribution in [3.63, 3.8) is 0 Å². The number of nitriles is 1. The van der Waals surface area contributed by atoms with Crippen LogP contribution in [0, 0.1) is 11.3 Å². The SMILES string of the molecule is COc1ccc(N2CCN(S(=O)(=O)C(C)C#N)CC2)cc1. The first-order valence-corrected chi connectivity index (χ1v) is 8.27. The van der Waals surface area contributed by atoms with Crippen molar-refractivity contribution in [3.8, 4) is 11.8 Å². The number of hydrogen-bond acceptors (Lipinski definition) is 5. The molecule has 7 heteroatoms. The lowest BCUT2D eigenvalue weighted by Gasteiger charge is -2.35. The Bertz CT molecular complexity index is 614. The average Bonchev–Trinajstić information content (AvgIpc) is 2.54. The van der Waals surface area contributed by atoms with Crippen LogP contribution in [0.1, 0.15) is 6.92 Å². The zero-order chi connectivity index (χ0) is 15.5. The van der Waals surface area contributed by atoms with Gasteiger partial charge in [-0.15, -0.1) is 0 Å². The highest BCUT2D eigenvalue weighted by molar-refractivity contribution is 7.89. The Hall–Kier alpha value is -1.78. The predicted octanol–water partition coefficient (Wildman–Crippen LogP) is 1.06. The van der Waals surface area contributed by atoms with E-state index in [4.69, 9.17) is 10.00 Å². The van der Waals surface area contributed by atoms with Crippen molar-refractivity contribution in [1.29, 1.82) is 5.26 Å². The number of rotatable bonds is 4. The van der Waals surface area contributed by atoms with Gasteiger partial charge in [-0.2, -0.15) is 9.57 Å². The third-order valence-corrected chi connectivity index (χ3v) is 5.75. The summed E-state index contributed by atoms with van der Waals surface area (Å²) in [5, 5.41) is 7.81. The van der Waals surface area contributed by atoms with Crippen molar-refractivity contribution in [2.45, 2.75) is 12.2 Å². The smallest absolute Gasteiger partial charge is 0.230 e. The van der Waals surface area contributed by atoms with Crippen LogP contribution in [0.3, 0.4) is 0 Å². The lowest BCUT2D eigenvalue weighted by Crippen LogP contribution is -2.50. The highest BCUT2D eigenvalue weighted by atomic mass is 32.2. The first-order chi connectivity index (χ1) is 9.98. The Morgan fingerprint density at radius 1 is 1.19 bits per heavy atom. The van der Waals surface area contributed by atoms with E-state index >= 15 is 0 Å². The van der Waals surface area contributed by atoms with Crippen LogP contribution in [0.5, 0.6) is 5.75 Å². The lowest BCUT2D eigenvalue weighted by atomic mass is 10.2. The van der Waals surface area contributed by atoms with Crippen molar-refractivity contribution in [1.82, 2.24) is 4.31 Å². The largest absolute Gasteiger partial charge is 0.497 e. The summed E-state index contributed by atoms with van der Waals surface area (Å²) in [4.78, 5) is 2.13. The molecule has 1 aliphatic heterocycles. The number of benzene rings is 1. The molecule has 1 heterocycles. The summed E-state index contributed by atoms with van der Waals surface area (Å²) in [7, 11) is -1.88. The van der Waals surface area contributed by atoms with E-state index in [1.54, 1.807) is 13.2 Å². The molecule has 2 rings (SSSR count). The zero-order valence-corrected chi connectivity index (χ0v) is 13.0. The Kier molecular flexibility index (Phi) is 4.70. The van der Waals surface area contributed by atoms with E-state index in [1.165, 1.54) is 11.2 Å². The summed E-state index contributed by atoms with van der Waals surface area (Å²) in [6.07, 6.45) is 0. The zero-order valence-electron chi connectivity index (χ0n) is 12.2. The first kappa shape index (κ1) is 15.6. The summed E-state index contributed by atoms with van der Waals surface area (Å²) in [5.41, 5.74) is 1.04. The van der Waals surface area contributed by atoms with Gasteiger partial charge in [-0.1, -0.05) is 0 Å². The fourth-order valence-corrected chi connectivity index (χ4v) is 3.54. The number of sulfonamides is 1. The fraction of sp³-hybridized carbons (Fsp3) is 0.500. The molecule has 1 saturated heterocycles. The van der Waals surface area contributed by atoms with E-state index in [0.717, 1.165) is 11.4 Å². The number of piperazine rings is 1. The van der Waals surface area contributed by atoms with Crippen LogP contribution in [0.2, 0.25) is 0 Å². The van der Waals surface area contributed by atoms with E-state index < -0.39 is 15.3 Å². The minimum atomic E-state index is -3.50. The van der Waals surface area contributed by atoms with Gasteiger partial charge in [0.25, 0.3) is 0 Å². The second-order valence-electron chi connectivity index (χ2n) is 4.90. The molecule has 21 heavy (non-hydrogen) atoms. The Morgan fingerprint density at radius 2 is 1.76 bits per heavy atom. The number of anilines is 1. The molecule has 1 aliphatic rings. The highest BCUT2D eigenvalue weighted by Crippen LogP contribution is 2.21. The van der Waals surface area contributed by atoms with Crippen molar-refractivity contribution < 1.29 is 13.2 Å². The third-order valence-electron chi connectivity index (χ3n) is 3.66. The van der Waals surface area contributed by atoms with Crippen LogP contribution in [-0.2, 0) is 10.0 Å². The molecule has 0 spiro atoms. The van der Waals surface area contributed by atoms with Gasteiger partial charge in [0.15, 0.2) is 5.25 Å². The molecule has 1 fully saturated rings. The van der Waals surface area contributed by atoms with Crippen LogP contribution in [0.15, 0.2) is 24.3 Å². The van der Waals surface area contributed by atoms with Crippen LogP contribution in [0.4, 0.5) is 5.69 Å². The molecule has 0 amide bonds. The Balaban J connectivity index is 2.01. The van der Waals surface area contributed by atoms with Gasteiger partial charge in [-0.25, -0.2) is 8.42 Å². The van der Waals surface area contributed by atoms with E-state index in [9.17, 15) is 8.42 Å². The normalized spacial score (nSPS) is 18.0. The quantitative estimate of drug-likeness (QED) is 0.831. The summed E-state index contributed by atoms with van der Waals surface area (Å²) in [5.74, 6) is 0.794. The van der Waals surface area contributed by atoms with Crippen molar-refractivity contribution in [2.75, 3.05) is 38.2 Å². The number of methoxy groups -OCH3 is 1. The van der Waals surface area contributed by atoms with Gasteiger partial charge in [-0.3, -0.25) is 0 Å². The van der Waals surface area contributed by atoms with Gasteiger partial charge < -0.3 is 9.64 Å².